The number of benzene rings is 1. The zero-order chi connectivity index (χ0) is 22.1. The first-order valence-corrected chi connectivity index (χ1v) is 9.48. The Morgan fingerprint density at radius 1 is 1.26 bits per heavy atom. The molecule has 0 fully saturated rings. The molecule has 0 unspecified atom stereocenters. The fourth-order valence-corrected chi connectivity index (χ4v) is 2.62. The maximum atomic E-state index is 12.2. The first-order chi connectivity index (χ1) is 15.0. The van der Waals surface area contributed by atoms with E-state index in [1.54, 1.807) is 54.7 Å². The van der Waals surface area contributed by atoms with Gasteiger partial charge in [-0.1, -0.05) is 0 Å². The molecule has 0 aliphatic carbocycles. The van der Waals surface area contributed by atoms with Crippen molar-refractivity contribution in [1.82, 2.24) is 10.3 Å². The quantitative estimate of drug-likeness (QED) is 0.539. The van der Waals surface area contributed by atoms with Crippen molar-refractivity contribution in [2.75, 3.05) is 11.9 Å². The molecule has 0 saturated heterocycles. The third-order valence-corrected chi connectivity index (χ3v) is 4.17. The molecule has 8 heteroatoms. The Kier molecular flexibility index (Phi) is 7.16. The van der Waals surface area contributed by atoms with Crippen molar-refractivity contribution in [3.05, 3.63) is 77.9 Å². The lowest BCUT2D eigenvalue weighted by Gasteiger charge is -2.11. The van der Waals surface area contributed by atoms with Crippen LogP contribution in [0.5, 0.6) is 11.6 Å². The second-order valence-electron chi connectivity index (χ2n) is 6.48. The van der Waals surface area contributed by atoms with Crippen molar-refractivity contribution in [3.63, 3.8) is 0 Å². The summed E-state index contributed by atoms with van der Waals surface area (Å²) < 4.78 is 10.8. The number of aryl methyl sites for hydroxylation is 1. The number of hydrogen-bond donors (Lipinski definition) is 2. The van der Waals surface area contributed by atoms with Gasteiger partial charge in [0, 0.05) is 30.9 Å². The predicted octanol–water partition coefficient (Wildman–Crippen LogP) is 3.81. The number of pyridine rings is 1. The number of nitriles is 1. The number of furan rings is 1. The molecule has 156 valence electrons. The molecular weight excluding hydrogens is 396 g/mol. The third-order valence-electron chi connectivity index (χ3n) is 4.17. The molecule has 0 radical (unpaired) electrons. The molecule has 0 spiro atoms. The van der Waals surface area contributed by atoms with Crippen molar-refractivity contribution in [2.24, 2.45) is 0 Å². The van der Waals surface area contributed by atoms with Gasteiger partial charge < -0.3 is 19.8 Å². The number of nitrogens with one attached hydrogen (secondary N) is 2. The second-order valence-corrected chi connectivity index (χ2v) is 6.48. The molecule has 1 aromatic carbocycles. The summed E-state index contributed by atoms with van der Waals surface area (Å²) in [6, 6.07) is 13.9. The monoisotopic (exact) mass is 416 g/mol. The lowest BCUT2D eigenvalue weighted by molar-refractivity contribution is -0.117. The van der Waals surface area contributed by atoms with Gasteiger partial charge in [0.05, 0.1) is 6.26 Å². The number of carbonyl (C=O) groups excluding carboxylic acids is 2. The second kappa shape index (κ2) is 10.4. The van der Waals surface area contributed by atoms with E-state index in [2.05, 4.69) is 15.6 Å². The van der Waals surface area contributed by atoms with Crippen LogP contribution in [-0.2, 0) is 9.59 Å². The zero-order valence-corrected chi connectivity index (χ0v) is 16.8. The van der Waals surface area contributed by atoms with Gasteiger partial charge in [0.15, 0.2) is 0 Å². The molecule has 2 amide bonds. The number of ether oxygens (including phenoxy) is 1. The fourth-order valence-electron chi connectivity index (χ4n) is 2.62. The van der Waals surface area contributed by atoms with E-state index >= 15 is 0 Å². The summed E-state index contributed by atoms with van der Waals surface area (Å²) in [7, 11) is 0. The van der Waals surface area contributed by atoms with Gasteiger partial charge in [0.1, 0.15) is 23.1 Å². The minimum atomic E-state index is -0.312. The van der Waals surface area contributed by atoms with Crippen molar-refractivity contribution in [2.45, 2.75) is 13.3 Å². The molecule has 3 aromatic rings. The van der Waals surface area contributed by atoms with Crippen LogP contribution in [0.3, 0.4) is 0 Å². The highest BCUT2D eigenvalue weighted by atomic mass is 16.5. The Hall–Kier alpha value is -4.38. The van der Waals surface area contributed by atoms with Crippen LogP contribution in [0.4, 0.5) is 5.69 Å². The van der Waals surface area contributed by atoms with Gasteiger partial charge in [-0.25, -0.2) is 4.98 Å². The number of amides is 2. The van der Waals surface area contributed by atoms with Gasteiger partial charge in [-0.15, -0.1) is 0 Å². The predicted molar refractivity (Wildman–Crippen MR) is 114 cm³/mol. The largest absolute Gasteiger partial charge is 0.465 e. The Balaban J connectivity index is 1.49. The number of carbonyl (C=O) groups is 2. The van der Waals surface area contributed by atoms with Crippen molar-refractivity contribution < 1.29 is 18.7 Å². The summed E-state index contributed by atoms with van der Waals surface area (Å²) in [6.07, 6.45) is 6.08. The fraction of sp³-hybridized carbons (Fsp3) is 0.130. The first-order valence-electron chi connectivity index (χ1n) is 9.48. The maximum Gasteiger partial charge on any atom is 0.244 e. The summed E-state index contributed by atoms with van der Waals surface area (Å²) >= 11 is 0. The molecule has 3 rings (SSSR count). The molecule has 0 aliphatic rings. The number of aromatic nitrogens is 1. The van der Waals surface area contributed by atoms with Crippen LogP contribution in [0, 0.1) is 18.3 Å². The Bertz CT molecular complexity index is 1130. The third kappa shape index (κ3) is 6.30. The summed E-state index contributed by atoms with van der Waals surface area (Å²) in [5, 5.41) is 14.6. The van der Waals surface area contributed by atoms with E-state index in [9.17, 15) is 9.59 Å². The average Bonchev–Trinajstić information content (AvgIpc) is 3.28. The standard InChI is InChI=1S/C23H20N4O4/c1-16-14-19(31-23-17(15-24)4-2-11-26-23)6-8-20(16)27-22(29)10-12-25-21(28)9-7-18-5-3-13-30-18/h2-9,11,13-14H,10,12H2,1H3,(H,25,28)(H,27,29)/b9-7+. The highest BCUT2D eigenvalue weighted by Crippen LogP contribution is 2.26. The molecular formula is C23H20N4O4. The Morgan fingerprint density at radius 2 is 2.13 bits per heavy atom. The maximum absolute atomic E-state index is 12.2. The SMILES string of the molecule is Cc1cc(Oc2ncccc2C#N)ccc1NC(=O)CCNC(=O)/C=C/c1ccco1. The van der Waals surface area contributed by atoms with E-state index < -0.39 is 0 Å². The van der Waals surface area contributed by atoms with E-state index in [1.807, 2.05) is 13.0 Å². The van der Waals surface area contributed by atoms with Crippen LogP contribution in [0.25, 0.3) is 6.08 Å². The molecule has 0 saturated carbocycles. The van der Waals surface area contributed by atoms with Gasteiger partial charge in [0.2, 0.25) is 17.7 Å². The summed E-state index contributed by atoms with van der Waals surface area (Å²) in [5.41, 5.74) is 1.74. The Morgan fingerprint density at radius 3 is 2.87 bits per heavy atom. The van der Waals surface area contributed by atoms with Crippen LogP contribution in [0.1, 0.15) is 23.3 Å². The average molecular weight is 416 g/mol. The van der Waals surface area contributed by atoms with Crippen molar-refractivity contribution in [3.8, 4) is 17.7 Å². The molecule has 2 aromatic heterocycles. The topological polar surface area (TPSA) is 117 Å². The smallest absolute Gasteiger partial charge is 0.244 e. The summed E-state index contributed by atoms with van der Waals surface area (Å²) in [5.74, 6) is 0.749. The molecule has 2 heterocycles. The lowest BCUT2D eigenvalue weighted by Crippen LogP contribution is -2.26. The first kappa shape index (κ1) is 21.3. The van der Waals surface area contributed by atoms with Gasteiger partial charge >= 0.3 is 0 Å². The minimum Gasteiger partial charge on any atom is -0.465 e. The van der Waals surface area contributed by atoms with Gasteiger partial charge in [-0.3, -0.25) is 9.59 Å². The Labute approximate surface area is 179 Å². The molecule has 0 aliphatic heterocycles. The number of nitrogens with zero attached hydrogens (tertiary/aromatic N) is 2. The van der Waals surface area contributed by atoms with Gasteiger partial charge in [0.25, 0.3) is 0 Å². The summed E-state index contributed by atoms with van der Waals surface area (Å²) in [4.78, 5) is 28.0. The van der Waals surface area contributed by atoms with Gasteiger partial charge in [-0.2, -0.15) is 5.26 Å². The van der Waals surface area contributed by atoms with E-state index in [0.717, 1.165) is 5.56 Å². The van der Waals surface area contributed by atoms with Crippen LogP contribution in [-0.4, -0.2) is 23.3 Å². The van der Waals surface area contributed by atoms with Crippen molar-refractivity contribution >= 4 is 23.6 Å². The van der Waals surface area contributed by atoms with Crippen LogP contribution in [0.2, 0.25) is 0 Å². The highest BCUT2D eigenvalue weighted by Gasteiger charge is 2.09. The van der Waals surface area contributed by atoms with E-state index in [-0.39, 0.29) is 30.7 Å². The normalized spacial score (nSPS) is 10.5. The van der Waals surface area contributed by atoms with E-state index in [0.29, 0.717) is 22.8 Å². The van der Waals surface area contributed by atoms with E-state index in [1.165, 1.54) is 12.3 Å². The molecule has 0 bridgehead atoms. The molecule has 2 N–H and O–H groups in total. The highest BCUT2D eigenvalue weighted by molar-refractivity contribution is 5.93. The van der Waals surface area contributed by atoms with E-state index in [4.69, 9.17) is 14.4 Å². The number of rotatable bonds is 8. The van der Waals surface area contributed by atoms with Gasteiger partial charge in [-0.05, 0) is 61.0 Å². The summed E-state index contributed by atoms with van der Waals surface area (Å²) in [6.45, 7) is 2.03. The molecule has 8 nitrogen and oxygen atoms in total. The van der Waals surface area contributed by atoms with Crippen LogP contribution in [0.15, 0.2) is 65.4 Å². The lowest BCUT2D eigenvalue weighted by atomic mass is 10.2. The number of hydrogen-bond acceptors (Lipinski definition) is 6. The molecule has 0 atom stereocenters. The molecule has 31 heavy (non-hydrogen) atoms. The van der Waals surface area contributed by atoms with Crippen LogP contribution >= 0.6 is 0 Å². The zero-order valence-electron chi connectivity index (χ0n) is 16.8. The number of anilines is 1. The minimum absolute atomic E-state index is 0.123. The van der Waals surface area contributed by atoms with Crippen LogP contribution < -0.4 is 15.4 Å². The van der Waals surface area contributed by atoms with Crippen molar-refractivity contribution in [1.29, 1.82) is 5.26 Å².